The second kappa shape index (κ2) is 6.31. The highest BCUT2D eigenvalue weighted by molar-refractivity contribution is 7.18. The van der Waals surface area contributed by atoms with Crippen LogP contribution in [0.1, 0.15) is 22.2 Å². The van der Waals surface area contributed by atoms with Gasteiger partial charge in [0.1, 0.15) is 18.0 Å². The van der Waals surface area contributed by atoms with Crippen molar-refractivity contribution in [3.8, 4) is 0 Å². The SMILES string of the molecule is CC1(c2cccc(NC(=O)c3ccc(Cl)s3)c2)COCC(N)=N1. The van der Waals surface area contributed by atoms with Gasteiger partial charge in [-0.05, 0) is 36.8 Å². The molecule has 5 nitrogen and oxygen atoms in total. The van der Waals surface area contributed by atoms with Crippen molar-refractivity contribution >= 4 is 40.4 Å². The largest absolute Gasteiger partial charge is 0.386 e. The molecule has 1 aromatic carbocycles. The van der Waals surface area contributed by atoms with Crippen LogP contribution in [0.4, 0.5) is 5.69 Å². The fourth-order valence-electron chi connectivity index (χ4n) is 2.44. The number of thiophene rings is 1. The van der Waals surface area contributed by atoms with Crippen molar-refractivity contribution in [3.63, 3.8) is 0 Å². The second-order valence-electron chi connectivity index (χ2n) is 5.51. The van der Waals surface area contributed by atoms with E-state index < -0.39 is 5.54 Å². The number of ether oxygens (including phenoxy) is 1. The summed E-state index contributed by atoms with van der Waals surface area (Å²) in [6, 6.07) is 10.9. The molecule has 120 valence electrons. The van der Waals surface area contributed by atoms with Crippen LogP contribution in [0.25, 0.3) is 0 Å². The number of amidine groups is 1. The molecule has 2 heterocycles. The Balaban J connectivity index is 1.83. The molecule has 0 bridgehead atoms. The van der Waals surface area contributed by atoms with E-state index in [1.807, 2.05) is 31.2 Å². The summed E-state index contributed by atoms with van der Waals surface area (Å²) in [4.78, 5) is 17.3. The first-order valence-corrected chi connectivity index (χ1v) is 8.25. The molecule has 23 heavy (non-hydrogen) atoms. The lowest BCUT2D eigenvalue weighted by molar-refractivity contribution is 0.103. The first kappa shape index (κ1) is 16.0. The Bertz CT molecular complexity index is 774. The fraction of sp³-hybridized carbons (Fsp3) is 0.250. The zero-order chi connectivity index (χ0) is 16.4. The third kappa shape index (κ3) is 3.55. The third-order valence-corrected chi connectivity index (χ3v) is 4.79. The zero-order valence-electron chi connectivity index (χ0n) is 12.5. The van der Waals surface area contributed by atoms with Crippen LogP contribution in [0.5, 0.6) is 0 Å². The van der Waals surface area contributed by atoms with Crippen LogP contribution >= 0.6 is 22.9 Å². The molecule has 0 aliphatic carbocycles. The Hall–Kier alpha value is -1.89. The summed E-state index contributed by atoms with van der Waals surface area (Å²) in [6.07, 6.45) is 0. The van der Waals surface area contributed by atoms with Crippen molar-refractivity contribution < 1.29 is 9.53 Å². The van der Waals surface area contributed by atoms with Crippen LogP contribution < -0.4 is 11.1 Å². The quantitative estimate of drug-likeness (QED) is 0.892. The van der Waals surface area contributed by atoms with Crippen molar-refractivity contribution in [1.82, 2.24) is 0 Å². The number of nitrogens with two attached hydrogens (primary N) is 1. The minimum Gasteiger partial charge on any atom is -0.386 e. The van der Waals surface area contributed by atoms with E-state index in [0.29, 0.717) is 34.0 Å². The molecule has 1 aromatic heterocycles. The second-order valence-corrected chi connectivity index (χ2v) is 7.22. The van der Waals surface area contributed by atoms with E-state index in [1.165, 1.54) is 11.3 Å². The molecule has 0 fully saturated rings. The number of hydrogen-bond donors (Lipinski definition) is 2. The topological polar surface area (TPSA) is 76.7 Å². The van der Waals surface area contributed by atoms with E-state index in [1.54, 1.807) is 12.1 Å². The molecule has 1 atom stereocenters. The van der Waals surface area contributed by atoms with Gasteiger partial charge in [-0.15, -0.1) is 11.3 Å². The van der Waals surface area contributed by atoms with Crippen molar-refractivity contribution in [1.29, 1.82) is 0 Å². The van der Waals surface area contributed by atoms with Gasteiger partial charge >= 0.3 is 0 Å². The Labute approximate surface area is 143 Å². The number of aliphatic imine (C=N–C) groups is 1. The first-order valence-electron chi connectivity index (χ1n) is 7.05. The monoisotopic (exact) mass is 349 g/mol. The summed E-state index contributed by atoms with van der Waals surface area (Å²) >= 11 is 7.11. The molecule has 0 saturated heterocycles. The average molecular weight is 350 g/mol. The predicted molar refractivity (Wildman–Crippen MR) is 93.5 cm³/mol. The van der Waals surface area contributed by atoms with E-state index in [9.17, 15) is 4.79 Å². The van der Waals surface area contributed by atoms with E-state index in [2.05, 4.69) is 10.3 Å². The van der Waals surface area contributed by atoms with E-state index in [4.69, 9.17) is 22.1 Å². The number of nitrogens with one attached hydrogen (secondary N) is 1. The van der Waals surface area contributed by atoms with Crippen LogP contribution in [0, 0.1) is 0 Å². The molecular formula is C16H16ClN3O2S. The smallest absolute Gasteiger partial charge is 0.265 e. The number of benzene rings is 1. The van der Waals surface area contributed by atoms with Crippen molar-refractivity contribution in [2.75, 3.05) is 18.5 Å². The van der Waals surface area contributed by atoms with Gasteiger partial charge in [0.05, 0.1) is 15.8 Å². The molecule has 1 aliphatic rings. The Morgan fingerprint density at radius 2 is 2.26 bits per heavy atom. The normalized spacial score (nSPS) is 20.9. The standard InChI is InChI=1S/C16H16ClN3O2S/c1-16(9-22-8-14(18)20-16)10-3-2-4-11(7-10)19-15(21)12-5-6-13(17)23-12/h2-7H,8-9H2,1H3,(H2,18,20)(H,19,21). The van der Waals surface area contributed by atoms with Gasteiger partial charge in [-0.3, -0.25) is 9.79 Å². The van der Waals surface area contributed by atoms with E-state index in [0.717, 1.165) is 5.56 Å². The first-order chi connectivity index (χ1) is 11.0. The number of carbonyl (C=O) groups excluding carboxylic acids is 1. The Morgan fingerprint density at radius 3 is 2.96 bits per heavy atom. The van der Waals surface area contributed by atoms with Crippen LogP contribution in [0.3, 0.4) is 0 Å². The lowest BCUT2D eigenvalue weighted by atomic mass is 9.92. The molecule has 7 heteroatoms. The van der Waals surface area contributed by atoms with Gasteiger partial charge in [-0.1, -0.05) is 23.7 Å². The molecule has 0 spiro atoms. The van der Waals surface area contributed by atoms with Gasteiger partial charge in [0.2, 0.25) is 0 Å². The molecule has 3 rings (SSSR count). The maximum atomic E-state index is 12.2. The van der Waals surface area contributed by atoms with Gasteiger partial charge in [-0.2, -0.15) is 0 Å². The Morgan fingerprint density at radius 1 is 1.43 bits per heavy atom. The number of rotatable bonds is 3. The van der Waals surface area contributed by atoms with E-state index >= 15 is 0 Å². The number of anilines is 1. The summed E-state index contributed by atoms with van der Waals surface area (Å²) < 4.78 is 6.07. The zero-order valence-corrected chi connectivity index (χ0v) is 14.1. The summed E-state index contributed by atoms with van der Waals surface area (Å²) in [7, 11) is 0. The number of nitrogens with zero attached hydrogens (tertiary/aromatic N) is 1. The summed E-state index contributed by atoms with van der Waals surface area (Å²) in [5.41, 5.74) is 6.87. The van der Waals surface area contributed by atoms with Crippen molar-refractivity contribution in [2.45, 2.75) is 12.5 Å². The number of hydrogen-bond acceptors (Lipinski definition) is 5. The molecule has 2 aromatic rings. The fourth-order valence-corrected chi connectivity index (χ4v) is 3.38. The number of halogens is 1. The van der Waals surface area contributed by atoms with E-state index in [-0.39, 0.29) is 5.91 Å². The molecule has 0 saturated carbocycles. The highest BCUT2D eigenvalue weighted by Crippen LogP contribution is 2.30. The van der Waals surface area contributed by atoms with Gasteiger partial charge in [0, 0.05) is 5.69 Å². The predicted octanol–water partition coefficient (Wildman–Crippen LogP) is 3.26. The number of amides is 1. The van der Waals surface area contributed by atoms with Crippen molar-refractivity contribution in [2.24, 2.45) is 10.7 Å². The van der Waals surface area contributed by atoms with Crippen LogP contribution in [-0.4, -0.2) is 25.0 Å². The average Bonchev–Trinajstić information content (AvgIpc) is 2.94. The van der Waals surface area contributed by atoms with Gasteiger partial charge < -0.3 is 15.8 Å². The summed E-state index contributed by atoms with van der Waals surface area (Å²) in [5.74, 6) is 0.286. The highest BCUT2D eigenvalue weighted by atomic mass is 35.5. The van der Waals surface area contributed by atoms with Gasteiger partial charge in [0.25, 0.3) is 5.91 Å². The summed E-state index contributed by atoms with van der Waals surface area (Å²) in [5, 5.41) is 2.87. The van der Waals surface area contributed by atoms with Crippen LogP contribution in [0.2, 0.25) is 4.34 Å². The maximum Gasteiger partial charge on any atom is 0.265 e. The molecule has 3 N–H and O–H groups in total. The van der Waals surface area contributed by atoms with Crippen LogP contribution in [-0.2, 0) is 10.3 Å². The van der Waals surface area contributed by atoms with Gasteiger partial charge in [0.15, 0.2) is 0 Å². The summed E-state index contributed by atoms with van der Waals surface area (Å²) in [6.45, 7) is 2.76. The minimum atomic E-state index is -0.546. The third-order valence-electron chi connectivity index (χ3n) is 3.56. The molecule has 1 unspecified atom stereocenters. The molecule has 1 amide bonds. The van der Waals surface area contributed by atoms with Crippen LogP contribution in [0.15, 0.2) is 41.4 Å². The van der Waals surface area contributed by atoms with Gasteiger partial charge in [-0.25, -0.2) is 0 Å². The molecular weight excluding hydrogens is 334 g/mol. The lowest BCUT2D eigenvalue weighted by Gasteiger charge is -2.30. The molecule has 0 radical (unpaired) electrons. The number of carbonyl (C=O) groups is 1. The maximum absolute atomic E-state index is 12.2. The Kier molecular flexibility index (Phi) is 4.39. The minimum absolute atomic E-state index is 0.188. The lowest BCUT2D eigenvalue weighted by Crippen LogP contribution is -2.37. The molecule has 1 aliphatic heterocycles. The highest BCUT2D eigenvalue weighted by Gasteiger charge is 2.30. The van der Waals surface area contributed by atoms with Crippen molar-refractivity contribution in [3.05, 3.63) is 51.2 Å².